The largest absolute Gasteiger partial charge is 0.381 e. The Kier molecular flexibility index (Phi) is 9.70. The Labute approximate surface area is 176 Å². The summed E-state index contributed by atoms with van der Waals surface area (Å²) in [5, 5.41) is 6.20. The van der Waals surface area contributed by atoms with Crippen molar-refractivity contribution in [3.05, 3.63) is 40.2 Å². The zero-order valence-electron chi connectivity index (χ0n) is 15.4. The number of hydrogen-bond acceptors (Lipinski definition) is 5. The summed E-state index contributed by atoms with van der Waals surface area (Å²) < 4.78 is 5.36. The maximum atomic E-state index is 12.5. The van der Waals surface area contributed by atoms with Gasteiger partial charge < -0.3 is 15.8 Å². The van der Waals surface area contributed by atoms with E-state index < -0.39 is 5.41 Å². The highest BCUT2D eigenvalue weighted by molar-refractivity contribution is 7.09. The van der Waals surface area contributed by atoms with Crippen LogP contribution in [0.5, 0.6) is 0 Å². The lowest BCUT2D eigenvalue weighted by molar-refractivity contribution is -0.135. The molecular weight excluding hydrogens is 405 g/mol. The van der Waals surface area contributed by atoms with Gasteiger partial charge in [-0.25, -0.2) is 4.98 Å². The molecule has 0 spiro atoms. The van der Waals surface area contributed by atoms with Gasteiger partial charge in [-0.3, -0.25) is 4.79 Å². The lowest BCUT2D eigenvalue weighted by Gasteiger charge is -2.34. The van der Waals surface area contributed by atoms with Crippen LogP contribution in [0.3, 0.4) is 0 Å². The Morgan fingerprint density at radius 2 is 1.93 bits per heavy atom. The number of rotatable bonds is 6. The Hall–Kier alpha value is -1.18. The van der Waals surface area contributed by atoms with Crippen molar-refractivity contribution in [2.75, 3.05) is 26.3 Å². The fraction of sp³-hybridized carbons (Fsp3) is 0.474. The number of thiazole rings is 1. The topological polar surface area (TPSA) is 77.2 Å². The molecule has 1 saturated heterocycles. The van der Waals surface area contributed by atoms with Gasteiger partial charge in [0.15, 0.2) is 0 Å². The minimum atomic E-state index is -0.454. The first-order valence-electron chi connectivity index (χ1n) is 8.70. The Morgan fingerprint density at radius 3 is 2.48 bits per heavy atom. The molecule has 1 aromatic heterocycles. The lowest BCUT2D eigenvalue weighted by Crippen LogP contribution is -2.49. The summed E-state index contributed by atoms with van der Waals surface area (Å²) in [7, 11) is 0. The van der Waals surface area contributed by atoms with Crippen molar-refractivity contribution in [3.63, 3.8) is 0 Å². The number of carbonyl (C=O) groups excluding carboxylic acids is 1. The number of aromatic nitrogens is 1. The van der Waals surface area contributed by atoms with E-state index in [1.54, 1.807) is 11.3 Å². The van der Waals surface area contributed by atoms with Crippen molar-refractivity contribution in [3.8, 4) is 11.3 Å². The molecule has 1 amide bonds. The van der Waals surface area contributed by atoms with Crippen LogP contribution < -0.4 is 11.1 Å². The highest BCUT2D eigenvalue weighted by Gasteiger charge is 2.38. The second kappa shape index (κ2) is 11.0. The van der Waals surface area contributed by atoms with Gasteiger partial charge >= 0.3 is 0 Å². The molecule has 0 saturated carbocycles. The van der Waals surface area contributed by atoms with Crippen LogP contribution in [-0.2, 0) is 16.0 Å². The fourth-order valence-electron chi connectivity index (χ4n) is 3.13. The summed E-state index contributed by atoms with van der Waals surface area (Å²) in [5.74, 6) is 0.0628. The van der Waals surface area contributed by atoms with Crippen LogP contribution in [0, 0.1) is 12.3 Å². The summed E-state index contributed by atoms with van der Waals surface area (Å²) in [5.41, 5.74) is 8.77. The number of nitrogens with one attached hydrogen (secondary N) is 1. The van der Waals surface area contributed by atoms with Crippen molar-refractivity contribution in [2.24, 2.45) is 11.1 Å². The van der Waals surface area contributed by atoms with Gasteiger partial charge in [-0.1, -0.05) is 24.3 Å². The van der Waals surface area contributed by atoms with Gasteiger partial charge in [0.2, 0.25) is 5.91 Å². The first-order chi connectivity index (χ1) is 12.1. The molecule has 0 unspecified atom stereocenters. The van der Waals surface area contributed by atoms with Crippen molar-refractivity contribution >= 4 is 42.1 Å². The summed E-state index contributed by atoms with van der Waals surface area (Å²) in [6, 6.07) is 8.38. The number of halogens is 2. The van der Waals surface area contributed by atoms with Crippen LogP contribution in [0.2, 0.25) is 0 Å². The van der Waals surface area contributed by atoms with Crippen molar-refractivity contribution in [1.82, 2.24) is 10.3 Å². The summed E-state index contributed by atoms with van der Waals surface area (Å²) >= 11 is 1.66. The van der Waals surface area contributed by atoms with Crippen molar-refractivity contribution in [2.45, 2.75) is 26.2 Å². The van der Waals surface area contributed by atoms with Gasteiger partial charge in [0.1, 0.15) is 0 Å². The van der Waals surface area contributed by atoms with E-state index in [-0.39, 0.29) is 30.7 Å². The van der Waals surface area contributed by atoms with Crippen LogP contribution in [0.15, 0.2) is 29.6 Å². The van der Waals surface area contributed by atoms with Gasteiger partial charge in [-0.2, -0.15) is 0 Å². The second-order valence-electron chi connectivity index (χ2n) is 6.55. The molecule has 3 N–H and O–H groups in total. The number of ether oxygens (including phenoxy) is 1. The van der Waals surface area contributed by atoms with E-state index in [0.717, 1.165) is 22.7 Å². The third-order valence-corrected chi connectivity index (χ3v) is 5.66. The summed E-state index contributed by atoms with van der Waals surface area (Å²) in [6.45, 7) is 4.24. The monoisotopic (exact) mass is 431 g/mol. The summed E-state index contributed by atoms with van der Waals surface area (Å²) in [6.07, 6.45) is 2.22. The number of benzene rings is 1. The van der Waals surface area contributed by atoms with Gasteiger partial charge in [0.25, 0.3) is 0 Å². The molecule has 0 bridgehead atoms. The third-order valence-electron chi connectivity index (χ3n) is 4.89. The molecular formula is C19H27Cl2N3O2S. The Balaban J connectivity index is 0.00000182. The third kappa shape index (κ3) is 5.90. The van der Waals surface area contributed by atoms with Gasteiger partial charge in [-0.05, 0) is 31.7 Å². The van der Waals surface area contributed by atoms with Crippen LogP contribution in [0.25, 0.3) is 11.3 Å². The fourth-order valence-corrected chi connectivity index (χ4v) is 3.75. The minimum Gasteiger partial charge on any atom is -0.381 e. The maximum Gasteiger partial charge on any atom is 0.227 e. The van der Waals surface area contributed by atoms with Gasteiger partial charge in [0, 0.05) is 37.2 Å². The molecule has 1 aliphatic rings. The average molecular weight is 432 g/mol. The van der Waals surface area contributed by atoms with Gasteiger partial charge in [0.05, 0.1) is 16.1 Å². The van der Waals surface area contributed by atoms with Crippen LogP contribution in [0.4, 0.5) is 0 Å². The zero-order chi connectivity index (χ0) is 17.7. The smallest absolute Gasteiger partial charge is 0.227 e. The Morgan fingerprint density at radius 1 is 1.26 bits per heavy atom. The number of carbonyl (C=O) groups is 1. The van der Waals surface area contributed by atoms with Crippen molar-refractivity contribution in [1.29, 1.82) is 0 Å². The highest BCUT2D eigenvalue weighted by Crippen LogP contribution is 2.29. The standard InChI is InChI=1S/C19H25N3O2S.2ClH/c1-14-22-17(12-25-14)16-4-2-15(3-5-16)6-9-21-18(23)19(13-20)7-10-24-11-8-19;;/h2-5,12H,6-11,13,20H2,1H3,(H,21,23);2*1H. The van der Waals surface area contributed by atoms with Crippen LogP contribution >= 0.6 is 36.2 Å². The average Bonchev–Trinajstić information content (AvgIpc) is 3.09. The molecule has 0 radical (unpaired) electrons. The summed E-state index contributed by atoms with van der Waals surface area (Å²) in [4.78, 5) is 17.0. The van der Waals surface area contributed by atoms with Crippen LogP contribution in [0.1, 0.15) is 23.4 Å². The molecule has 5 nitrogen and oxygen atoms in total. The SMILES string of the molecule is Cc1nc(-c2ccc(CCNC(=O)C3(CN)CCOCC3)cc2)cs1.Cl.Cl. The van der Waals surface area contributed by atoms with Crippen LogP contribution in [-0.4, -0.2) is 37.2 Å². The van der Waals surface area contributed by atoms with E-state index in [1.165, 1.54) is 5.56 Å². The minimum absolute atomic E-state index is 0. The number of nitrogens with two attached hydrogens (primary N) is 1. The van der Waals surface area contributed by atoms with Gasteiger partial charge in [-0.15, -0.1) is 36.2 Å². The first-order valence-corrected chi connectivity index (χ1v) is 9.58. The highest BCUT2D eigenvalue weighted by atomic mass is 35.5. The number of amides is 1. The van der Waals surface area contributed by atoms with E-state index in [0.29, 0.717) is 39.1 Å². The second-order valence-corrected chi connectivity index (χ2v) is 7.61. The predicted octanol–water partition coefficient (Wildman–Crippen LogP) is 3.38. The lowest BCUT2D eigenvalue weighted by atomic mass is 9.79. The first kappa shape index (κ1) is 23.9. The Bertz CT molecular complexity index is 716. The van der Waals surface area contributed by atoms with E-state index >= 15 is 0 Å². The van der Waals surface area contributed by atoms with E-state index in [9.17, 15) is 4.79 Å². The maximum absolute atomic E-state index is 12.5. The molecule has 1 aliphatic heterocycles. The predicted molar refractivity (Wildman–Crippen MR) is 115 cm³/mol. The molecule has 3 rings (SSSR count). The number of nitrogens with zero attached hydrogens (tertiary/aromatic N) is 1. The van der Waals surface area contributed by atoms with E-state index in [2.05, 4.69) is 39.9 Å². The molecule has 0 aliphatic carbocycles. The molecule has 150 valence electrons. The number of aryl methyl sites for hydroxylation is 1. The van der Waals surface area contributed by atoms with E-state index in [1.807, 2.05) is 6.92 Å². The van der Waals surface area contributed by atoms with Crippen molar-refractivity contribution < 1.29 is 9.53 Å². The molecule has 8 heteroatoms. The molecule has 27 heavy (non-hydrogen) atoms. The number of hydrogen-bond donors (Lipinski definition) is 2. The van der Waals surface area contributed by atoms with E-state index in [4.69, 9.17) is 10.5 Å². The molecule has 1 aromatic carbocycles. The molecule has 2 aromatic rings. The molecule has 1 fully saturated rings. The zero-order valence-corrected chi connectivity index (χ0v) is 17.9. The quantitative estimate of drug-likeness (QED) is 0.734. The molecule has 0 atom stereocenters. The normalized spacial score (nSPS) is 15.3. The molecule has 2 heterocycles.